The van der Waals surface area contributed by atoms with Crippen molar-refractivity contribution in [2.75, 3.05) is 0 Å². The summed E-state index contributed by atoms with van der Waals surface area (Å²) in [4.78, 5) is 0. The second-order valence-electron chi connectivity index (χ2n) is 5.84. The van der Waals surface area contributed by atoms with Gasteiger partial charge >= 0.3 is 0 Å². The Labute approximate surface area is 131 Å². The van der Waals surface area contributed by atoms with Gasteiger partial charge in [-0.05, 0) is 54.7 Å². The highest BCUT2D eigenvalue weighted by Gasteiger charge is 2.15. The van der Waals surface area contributed by atoms with Crippen LogP contribution in [0.2, 0.25) is 0 Å². The first-order chi connectivity index (χ1) is 10.6. The quantitative estimate of drug-likeness (QED) is 0.646. The Morgan fingerprint density at radius 1 is 0.682 bits per heavy atom. The molecule has 0 bridgehead atoms. The lowest BCUT2D eigenvalue weighted by atomic mass is 9.88. The van der Waals surface area contributed by atoms with Gasteiger partial charge in [0.1, 0.15) is 5.75 Å². The summed E-state index contributed by atoms with van der Waals surface area (Å²) >= 11 is 0. The molecule has 0 aliphatic heterocycles. The summed E-state index contributed by atoms with van der Waals surface area (Å²) in [5.41, 5.74) is 7.97. The molecular formula is C21H20O. The minimum Gasteiger partial charge on any atom is -0.507 e. The van der Waals surface area contributed by atoms with Crippen molar-refractivity contribution in [1.82, 2.24) is 0 Å². The standard InChI is InChI=1S/C21H20O/c1-14-12-15(2)20(16(3)13-14)18-10-7-11-19(22)21(18)17-8-5-4-6-9-17/h4-13,22H,1-3H3. The molecule has 22 heavy (non-hydrogen) atoms. The van der Waals surface area contributed by atoms with Gasteiger partial charge in [-0.1, -0.05) is 60.2 Å². The maximum atomic E-state index is 10.4. The van der Waals surface area contributed by atoms with E-state index >= 15 is 0 Å². The van der Waals surface area contributed by atoms with Gasteiger partial charge in [0.2, 0.25) is 0 Å². The van der Waals surface area contributed by atoms with E-state index in [2.05, 4.69) is 39.0 Å². The lowest BCUT2D eigenvalue weighted by Gasteiger charge is -2.17. The highest BCUT2D eigenvalue weighted by molar-refractivity contribution is 5.89. The Morgan fingerprint density at radius 2 is 1.32 bits per heavy atom. The van der Waals surface area contributed by atoms with Crippen molar-refractivity contribution in [3.05, 3.63) is 77.4 Å². The van der Waals surface area contributed by atoms with Gasteiger partial charge in [0.05, 0.1) is 0 Å². The fourth-order valence-electron chi connectivity index (χ4n) is 3.26. The molecule has 0 aromatic heterocycles. The van der Waals surface area contributed by atoms with Crippen molar-refractivity contribution < 1.29 is 5.11 Å². The predicted octanol–water partition coefficient (Wildman–Crippen LogP) is 5.65. The average Bonchev–Trinajstić information content (AvgIpc) is 2.47. The molecule has 0 heterocycles. The van der Waals surface area contributed by atoms with Crippen LogP contribution in [0.15, 0.2) is 60.7 Å². The van der Waals surface area contributed by atoms with E-state index in [0.717, 1.165) is 16.7 Å². The molecule has 0 spiro atoms. The first kappa shape index (κ1) is 14.4. The second kappa shape index (κ2) is 5.69. The van der Waals surface area contributed by atoms with Crippen molar-refractivity contribution in [2.45, 2.75) is 20.8 Å². The zero-order valence-corrected chi connectivity index (χ0v) is 13.2. The summed E-state index contributed by atoms with van der Waals surface area (Å²) in [5.74, 6) is 0.322. The number of hydrogen-bond donors (Lipinski definition) is 1. The second-order valence-corrected chi connectivity index (χ2v) is 5.84. The molecule has 110 valence electrons. The molecule has 3 rings (SSSR count). The summed E-state index contributed by atoms with van der Waals surface area (Å²) in [5, 5.41) is 10.4. The third-order valence-electron chi connectivity index (χ3n) is 4.05. The number of phenolic OH excluding ortho intramolecular Hbond substituents is 1. The van der Waals surface area contributed by atoms with Crippen molar-refractivity contribution in [1.29, 1.82) is 0 Å². The minimum absolute atomic E-state index is 0.322. The van der Waals surface area contributed by atoms with E-state index in [4.69, 9.17) is 0 Å². The third-order valence-corrected chi connectivity index (χ3v) is 4.05. The maximum Gasteiger partial charge on any atom is 0.124 e. The fourth-order valence-corrected chi connectivity index (χ4v) is 3.26. The molecule has 0 atom stereocenters. The third kappa shape index (κ3) is 2.50. The molecular weight excluding hydrogens is 268 g/mol. The normalized spacial score (nSPS) is 10.7. The summed E-state index contributed by atoms with van der Waals surface area (Å²) in [6.45, 7) is 6.38. The molecule has 0 amide bonds. The van der Waals surface area contributed by atoms with Crippen LogP contribution in [0.3, 0.4) is 0 Å². The Hall–Kier alpha value is -2.54. The molecule has 0 saturated carbocycles. The highest BCUT2D eigenvalue weighted by Crippen LogP contribution is 2.41. The molecule has 0 unspecified atom stereocenters. The van der Waals surface area contributed by atoms with Crippen LogP contribution >= 0.6 is 0 Å². The van der Waals surface area contributed by atoms with Gasteiger partial charge in [-0.15, -0.1) is 0 Å². The molecule has 1 N–H and O–H groups in total. The minimum atomic E-state index is 0.322. The number of rotatable bonds is 2. The first-order valence-corrected chi connectivity index (χ1v) is 7.53. The van der Waals surface area contributed by atoms with Crippen LogP contribution in [0, 0.1) is 20.8 Å². The number of aryl methyl sites for hydroxylation is 3. The Balaban J connectivity index is 2.32. The molecule has 0 fully saturated rings. The van der Waals surface area contributed by atoms with Crippen molar-refractivity contribution in [2.24, 2.45) is 0 Å². The van der Waals surface area contributed by atoms with Crippen LogP contribution in [0.4, 0.5) is 0 Å². The monoisotopic (exact) mass is 288 g/mol. The van der Waals surface area contributed by atoms with E-state index in [9.17, 15) is 5.11 Å². The van der Waals surface area contributed by atoms with Crippen LogP contribution in [-0.2, 0) is 0 Å². The van der Waals surface area contributed by atoms with E-state index in [1.807, 2.05) is 36.4 Å². The van der Waals surface area contributed by atoms with Gasteiger partial charge < -0.3 is 5.11 Å². The Kier molecular flexibility index (Phi) is 3.72. The lowest BCUT2D eigenvalue weighted by molar-refractivity contribution is 0.477. The van der Waals surface area contributed by atoms with Crippen LogP contribution < -0.4 is 0 Å². The number of hydrogen-bond acceptors (Lipinski definition) is 1. The highest BCUT2D eigenvalue weighted by atomic mass is 16.3. The van der Waals surface area contributed by atoms with E-state index in [1.165, 1.54) is 22.3 Å². The summed E-state index contributed by atoms with van der Waals surface area (Å²) < 4.78 is 0. The lowest BCUT2D eigenvalue weighted by Crippen LogP contribution is -1.93. The molecule has 3 aromatic rings. The Morgan fingerprint density at radius 3 is 1.95 bits per heavy atom. The van der Waals surface area contributed by atoms with Crippen molar-refractivity contribution >= 4 is 0 Å². The van der Waals surface area contributed by atoms with E-state index in [0.29, 0.717) is 5.75 Å². The molecule has 1 nitrogen and oxygen atoms in total. The largest absolute Gasteiger partial charge is 0.507 e. The van der Waals surface area contributed by atoms with Crippen molar-refractivity contribution in [3.63, 3.8) is 0 Å². The predicted molar refractivity (Wildman–Crippen MR) is 93.2 cm³/mol. The smallest absolute Gasteiger partial charge is 0.124 e. The molecule has 3 aromatic carbocycles. The van der Waals surface area contributed by atoms with E-state index in [-0.39, 0.29) is 0 Å². The molecule has 0 saturated heterocycles. The Bertz CT molecular complexity index is 794. The topological polar surface area (TPSA) is 20.2 Å². The van der Waals surface area contributed by atoms with Gasteiger partial charge in [0, 0.05) is 5.56 Å². The van der Waals surface area contributed by atoms with Gasteiger partial charge in [-0.2, -0.15) is 0 Å². The number of benzene rings is 3. The number of aromatic hydroxyl groups is 1. The summed E-state index contributed by atoms with van der Waals surface area (Å²) in [7, 11) is 0. The summed E-state index contributed by atoms with van der Waals surface area (Å²) in [6, 6.07) is 20.2. The SMILES string of the molecule is Cc1cc(C)c(-c2cccc(O)c2-c2ccccc2)c(C)c1. The van der Waals surface area contributed by atoms with Crippen molar-refractivity contribution in [3.8, 4) is 28.0 Å². The van der Waals surface area contributed by atoms with Crippen LogP contribution in [0.25, 0.3) is 22.3 Å². The zero-order valence-electron chi connectivity index (χ0n) is 13.2. The van der Waals surface area contributed by atoms with Crippen LogP contribution in [-0.4, -0.2) is 5.11 Å². The maximum absolute atomic E-state index is 10.4. The average molecular weight is 288 g/mol. The molecule has 1 heteroatoms. The van der Waals surface area contributed by atoms with E-state index < -0.39 is 0 Å². The zero-order chi connectivity index (χ0) is 15.7. The van der Waals surface area contributed by atoms with Gasteiger partial charge in [-0.3, -0.25) is 0 Å². The number of phenols is 1. The molecule has 0 aliphatic rings. The van der Waals surface area contributed by atoms with Crippen LogP contribution in [0.1, 0.15) is 16.7 Å². The van der Waals surface area contributed by atoms with Crippen LogP contribution in [0.5, 0.6) is 5.75 Å². The van der Waals surface area contributed by atoms with Gasteiger partial charge in [0.25, 0.3) is 0 Å². The molecule has 0 aliphatic carbocycles. The van der Waals surface area contributed by atoms with Gasteiger partial charge in [0.15, 0.2) is 0 Å². The van der Waals surface area contributed by atoms with E-state index in [1.54, 1.807) is 6.07 Å². The first-order valence-electron chi connectivity index (χ1n) is 7.53. The fraction of sp³-hybridized carbons (Fsp3) is 0.143. The van der Waals surface area contributed by atoms with Gasteiger partial charge in [-0.25, -0.2) is 0 Å². The molecule has 0 radical (unpaired) electrons. The summed E-state index contributed by atoms with van der Waals surface area (Å²) in [6.07, 6.45) is 0.